The fraction of sp³-hybridized carbons (Fsp3) is 0.389. The van der Waals surface area contributed by atoms with Crippen LogP contribution in [0.4, 0.5) is 10.2 Å². The number of hydrogen-bond donors (Lipinski definition) is 2. The summed E-state index contributed by atoms with van der Waals surface area (Å²) in [6, 6.07) is 6.39. The standard InChI is InChI=1S/C18H21FN4O2/c1-11(12-3-5-13(19)6-4-12)16-17(20-9-15(22-16)18(24)25)21-14-7-8-23(2)10-14/h3-6,9,11,14H,7-8,10H2,1-2H3,(H,20,21)(H,24,25)/t11?,14-/m1/s1. The predicted molar refractivity (Wildman–Crippen MR) is 92.4 cm³/mol. The first-order chi connectivity index (χ1) is 11.9. The lowest BCUT2D eigenvalue weighted by Gasteiger charge is -2.20. The molecule has 1 unspecified atom stereocenters. The number of likely N-dealkylation sites (N-methyl/N-ethyl adjacent to an activating group) is 1. The second-order valence-corrected chi connectivity index (χ2v) is 6.46. The molecular formula is C18H21FN4O2. The highest BCUT2D eigenvalue weighted by Gasteiger charge is 2.24. The Labute approximate surface area is 145 Å². The molecule has 0 radical (unpaired) electrons. The summed E-state index contributed by atoms with van der Waals surface area (Å²) in [5.41, 5.74) is 1.31. The maximum atomic E-state index is 13.2. The summed E-state index contributed by atoms with van der Waals surface area (Å²) in [5.74, 6) is -1.06. The number of carbonyl (C=O) groups is 1. The van der Waals surface area contributed by atoms with Gasteiger partial charge in [0.05, 0.1) is 11.9 Å². The fourth-order valence-corrected chi connectivity index (χ4v) is 3.08. The maximum Gasteiger partial charge on any atom is 0.356 e. The van der Waals surface area contributed by atoms with E-state index in [1.54, 1.807) is 12.1 Å². The lowest BCUT2D eigenvalue weighted by Crippen LogP contribution is -2.25. The number of anilines is 1. The quantitative estimate of drug-likeness (QED) is 0.868. The van der Waals surface area contributed by atoms with Crippen molar-refractivity contribution in [1.82, 2.24) is 14.9 Å². The van der Waals surface area contributed by atoms with Crippen molar-refractivity contribution >= 4 is 11.8 Å². The number of aromatic nitrogens is 2. The number of benzene rings is 1. The lowest BCUT2D eigenvalue weighted by atomic mass is 9.97. The Morgan fingerprint density at radius 2 is 2.12 bits per heavy atom. The third-order valence-electron chi connectivity index (χ3n) is 4.53. The summed E-state index contributed by atoms with van der Waals surface area (Å²) < 4.78 is 13.2. The normalized spacial score (nSPS) is 18.9. The highest BCUT2D eigenvalue weighted by molar-refractivity contribution is 5.85. The van der Waals surface area contributed by atoms with Gasteiger partial charge in [-0.2, -0.15) is 0 Å². The lowest BCUT2D eigenvalue weighted by molar-refractivity contribution is 0.0689. The van der Waals surface area contributed by atoms with E-state index in [1.807, 2.05) is 6.92 Å². The molecule has 132 valence electrons. The molecule has 7 heteroatoms. The van der Waals surface area contributed by atoms with Gasteiger partial charge in [-0.05, 0) is 37.7 Å². The molecule has 6 nitrogen and oxygen atoms in total. The molecule has 1 aromatic heterocycles. The van der Waals surface area contributed by atoms with Gasteiger partial charge in [-0.25, -0.2) is 19.2 Å². The number of halogens is 1. The van der Waals surface area contributed by atoms with Crippen molar-refractivity contribution in [2.75, 3.05) is 25.5 Å². The van der Waals surface area contributed by atoms with Crippen molar-refractivity contribution < 1.29 is 14.3 Å². The number of carboxylic acid groups (broad SMARTS) is 1. The molecular weight excluding hydrogens is 323 g/mol. The molecule has 1 aliphatic rings. The number of nitrogens with one attached hydrogen (secondary N) is 1. The number of aromatic carboxylic acids is 1. The minimum atomic E-state index is -1.12. The van der Waals surface area contributed by atoms with Crippen molar-refractivity contribution in [3.63, 3.8) is 0 Å². The van der Waals surface area contributed by atoms with E-state index in [2.05, 4.69) is 27.2 Å². The van der Waals surface area contributed by atoms with Crippen molar-refractivity contribution in [2.45, 2.75) is 25.3 Å². The van der Waals surface area contributed by atoms with Crippen LogP contribution in [0.3, 0.4) is 0 Å². The molecule has 0 saturated carbocycles. The van der Waals surface area contributed by atoms with Crippen LogP contribution in [0.2, 0.25) is 0 Å². The van der Waals surface area contributed by atoms with E-state index in [0.717, 1.165) is 25.1 Å². The van der Waals surface area contributed by atoms with Gasteiger partial charge in [0, 0.05) is 18.5 Å². The summed E-state index contributed by atoms with van der Waals surface area (Å²) in [6.45, 7) is 3.81. The maximum absolute atomic E-state index is 13.2. The summed E-state index contributed by atoms with van der Waals surface area (Å²) >= 11 is 0. The van der Waals surface area contributed by atoms with E-state index in [0.29, 0.717) is 11.5 Å². The smallest absolute Gasteiger partial charge is 0.356 e. The highest BCUT2D eigenvalue weighted by atomic mass is 19.1. The Kier molecular flexibility index (Phi) is 4.94. The zero-order chi connectivity index (χ0) is 18.0. The van der Waals surface area contributed by atoms with Gasteiger partial charge < -0.3 is 15.3 Å². The summed E-state index contributed by atoms with van der Waals surface area (Å²) in [6.07, 6.45) is 2.26. The molecule has 0 aliphatic carbocycles. The highest BCUT2D eigenvalue weighted by Crippen LogP contribution is 2.28. The third kappa shape index (κ3) is 3.93. The Morgan fingerprint density at radius 1 is 1.40 bits per heavy atom. The van der Waals surface area contributed by atoms with E-state index < -0.39 is 5.97 Å². The van der Waals surface area contributed by atoms with E-state index in [9.17, 15) is 14.3 Å². The fourth-order valence-electron chi connectivity index (χ4n) is 3.08. The Hall–Kier alpha value is -2.54. The molecule has 1 aromatic carbocycles. The van der Waals surface area contributed by atoms with Crippen LogP contribution in [0, 0.1) is 5.82 Å². The number of rotatable bonds is 5. The first kappa shape index (κ1) is 17.3. The number of hydrogen-bond acceptors (Lipinski definition) is 5. The zero-order valence-corrected chi connectivity index (χ0v) is 14.2. The molecule has 2 N–H and O–H groups in total. The van der Waals surface area contributed by atoms with Crippen LogP contribution in [0.5, 0.6) is 0 Å². The van der Waals surface area contributed by atoms with Crippen LogP contribution >= 0.6 is 0 Å². The first-order valence-corrected chi connectivity index (χ1v) is 8.25. The summed E-state index contributed by atoms with van der Waals surface area (Å²) in [5, 5.41) is 12.6. The predicted octanol–water partition coefficient (Wildman–Crippen LogP) is 2.58. The van der Waals surface area contributed by atoms with E-state index in [-0.39, 0.29) is 23.5 Å². The zero-order valence-electron chi connectivity index (χ0n) is 14.2. The van der Waals surface area contributed by atoms with Crippen molar-refractivity contribution in [2.24, 2.45) is 0 Å². The molecule has 2 heterocycles. The minimum absolute atomic E-state index is 0.0990. The van der Waals surface area contributed by atoms with Crippen LogP contribution < -0.4 is 5.32 Å². The first-order valence-electron chi connectivity index (χ1n) is 8.25. The topological polar surface area (TPSA) is 78.3 Å². The second kappa shape index (κ2) is 7.14. The minimum Gasteiger partial charge on any atom is -0.476 e. The average Bonchev–Trinajstić information content (AvgIpc) is 3.00. The van der Waals surface area contributed by atoms with Gasteiger partial charge in [0.15, 0.2) is 5.69 Å². The van der Waals surface area contributed by atoms with Crippen molar-refractivity contribution in [1.29, 1.82) is 0 Å². The van der Waals surface area contributed by atoms with Gasteiger partial charge >= 0.3 is 5.97 Å². The second-order valence-electron chi connectivity index (χ2n) is 6.46. The molecule has 0 spiro atoms. The van der Waals surface area contributed by atoms with E-state index in [4.69, 9.17) is 0 Å². The van der Waals surface area contributed by atoms with Gasteiger partial charge in [-0.1, -0.05) is 19.1 Å². The molecule has 1 aliphatic heterocycles. The number of nitrogens with zero attached hydrogens (tertiary/aromatic N) is 3. The Balaban J connectivity index is 1.94. The van der Waals surface area contributed by atoms with Crippen LogP contribution in [-0.4, -0.2) is 52.1 Å². The largest absolute Gasteiger partial charge is 0.476 e. The van der Waals surface area contributed by atoms with Gasteiger partial charge in [0.1, 0.15) is 11.6 Å². The van der Waals surface area contributed by atoms with Gasteiger partial charge in [-0.15, -0.1) is 0 Å². The monoisotopic (exact) mass is 344 g/mol. The SMILES string of the molecule is CC(c1ccc(F)cc1)c1nc(C(=O)O)cnc1N[C@@H]1CCN(C)C1. The average molecular weight is 344 g/mol. The Bertz CT molecular complexity index is 766. The molecule has 1 fully saturated rings. The molecule has 1 saturated heterocycles. The summed E-state index contributed by atoms with van der Waals surface area (Å²) in [4.78, 5) is 22.1. The van der Waals surface area contributed by atoms with E-state index in [1.165, 1.54) is 18.3 Å². The third-order valence-corrected chi connectivity index (χ3v) is 4.53. The van der Waals surface area contributed by atoms with Gasteiger partial charge in [0.2, 0.25) is 0 Å². The van der Waals surface area contributed by atoms with Crippen molar-refractivity contribution in [3.05, 3.63) is 53.2 Å². The van der Waals surface area contributed by atoms with Crippen LogP contribution in [0.1, 0.15) is 41.0 Å². The van der Waals surface area contributed by atoms with Gasteiger partial charge in [0.25, 0.3) is 0 Å². The number of likely N-dealkylation sites (tertiary alicyclic amines) is 1. The molecule has 3 rings (SSSR count). The van der Waals surface area contributed by atoms with Crippen molar-refractivity contribution in [3.8, 4) is 0 Å². The number of carboxylic acids is 1. The Morgan fingerprint density at radius 3 is 2.72 bits per heavy atom. The molecule has 0 bridgehead atoms. The van der Waals surface area contributed by atoms with Crippen LogP contribution in [0.15, 0.2) is 30.5 Å². The molecule has 2 atom stereocenters. The van der Waals surface area contributed by atoms with Gasteiger partial charge in [-0.3, -0.25) is 0 Å². The molecule has 0 amide bonds. The molecule has 2 aromatic rings. The van der Waals surface area contributed by atoms with Crippen LogP contribution in [-0.2, 0) is 0 Å². The molecule has 25 heavy (non-hydrogen) atoms. The summed E-state index contributed by atoms with van der Waals surface area (Å²) in [7, 11) is 2.06. The van der Waals surface area contributed by atoms with E-state index >= 15 is 0 Å². The van der Waals surface area contributed by atoms with Crippen LogP contribution in [0.25, 0.3) is 0 Å².